The zero-order valence-corrected chi connectivity index (χ0v) is 25.7. The second-order valence-electron chi connectivity index (χ2n) is 11.4. The van der Waals surface area contributed by atoms with Crippen LogP contribution in [0.4, 0.5) is 5.82 Å². The minimum atomic E-state index is -0.307. The Balaban J connectivity index is 1.49. The second kappa shape index (κ2) is 13.3. The minimum Gasteiger partial charge on any atom is -0.462 e. The largest absolute Gasteiger partial charge is 0.462 e. The molecule has 10 heteroatoms. The van der Waals surface area contributed by atoms with Crippen molar-refractivity contribution in [1.82, 2.24) is 19.8 Å². The van der Waals surface area contributed by atoms with E-state index in [2.05, 4.69) is 54.6 Å². The number of fused-ring (bicyclic) bond motifs is 1. The zero-order valence-electron chi connectivity index (χ0n) is 24.8. The smallest absolute Gasteiger partial charge is 0.319 e. The molecule has 3 atom stereocenters. The number of hydrogen-bond acceptors (Lipinski definition) is 9. The van der Waals surface area contributed by atoms with E-state index < -0.39 is 0 Å². The third-order valence-corrected chi connectivity index (χ3v) is 9.96. The number of aryl methyl sites for hydroxylation is 1. The number of amides is 1. The van der Waals surface area contributed by atoms with Gasteiger partial charge in [0.1, 0.15) is 18.1 Å². The van der Waals surface area contributed by atoms with Crippen LogP contribution in [0.5, 0.6) is 6.01 Å². The number of likely N-dealkylation sites (tertiary alicyclic amines) is 1. The van der Waals surface area contributed by atoms with Gasteiger partial charge in [-0.3, -0.25) is 9.59 Å². The van der Waals surface area contributed by atoms with Crippen molar-refractivity contribution < 1.29 is 14.3 Å². The molecule has 9 nitrogen and oxygen atoms in total. The maximum Gasteiger partial charge on any atom is 0.319 e. The van der Waals surface area contributed by atoms with E-state index in [-0.39, 0.29) is 41.5 Å². The zero-order chi connectivity index (χ0) is 29.8. The van der Waals surface area contributed by atoms with Gasteiger partial charge in [-0.05, 0) is 63.4 Å². The van der Waals surface area contributed by atoms with Crippen LogP contribution in [0, 0.1) is 18.3 Å². The highest BCUT2D eigenvalue weighted by Crippen LogP contribution is 2.35. The van der Waals surface area contributed by atoms with Crippen LogP contribution in [-0.4, -0.2) is 88.6 Å². The number of hydrogen-bond donors (Lipinski definition) is 0. The summed E-state index contributed by atoms with van der Waals surface area (Å²) in [6.45, 7) is 10.6. The fourth-order valence-electron chi connectivity index (χ4n) is 6.26. The van der Waals surface area contributed by atoms with Crippen LogP contribution in [0.3, 0.4) is 0 Å². The van der Waals surface area contributed by atoms with Gasteiger partial charge in [0, 0.05) is 37.0 Å². The molecule has 42 heavy (non-hydrogen) atoms. The van der Waals surface area contributed by atoms with Crippen molar-refractivity contribution in [2.24, 2.45) is 0 Å². The van der Waals surface area contributed by atoms with Crippen molar-refractivity contribution in [2.75, 3.05) is 44.7 Å². The van der Waals surface area contributed by atoms with Gasteiger partial charge in [0.05, 0.1) is 23.8 Å². The molecule has 4 heterocycles. The summed E-state index contributed by atoms with van der Waals surface area (Å²) in [6, 6.07) is 8.89. The number of ketones is 1. The third kappa shape index (κ3) is 6.32. The molecular formula is C32H40N6O3S. The van der Waals surface area contributed by atoms with E-state index in [1.807, 2.05) is 6.92 Å². The number of rotatable bonds is 9. The van der Waals surface area contributed by atoms with Crippen molar-refractivity contribution in [1.29, 1.82) is 5.26 Å². The third-order valence-electron chi connectivity index (χ3n) is 8.69. The number of anilines is 1. The number of thioether (sulfide) groups is 1. The van der Waals surface area contributed by atoms with Crippen LogP contribution in [-0.2, 0) is 23.4 Å². The summed E-state index contributed by atoms with van der Waals surface area (Å²) >= 11 is 1.67. The minimum absolute atomic E-state index is 0.00420. The van der Waals surface area contributed by atoms with E-state index in [1.54, 1.807) is 16.7 Å². The lowest BCUT2D eigenvalue weighted by Crippen LogP contribution is -2.55. The molecule has 3 aliphatic rings. The molecule has 3 aliphatic heterocycles. The molecule has 2 aromatic rings. The summed E-state index contributed by atoms with van der Waals surface area (Å²) in [7, 11) is 2.10. The Hall–Kier alpha value is -3.42. The first-order valence-electron chi connectivity index (χ1n) is 14.9. The molecule has 0 saturated carbocycles. The van der Waals surface area contributed by atoms with Crippen LogP contribution in [0.2, 0.25) is 0 Å². The number of carbonyl (C=O) groups excluding carboxylic acids is 2. The van der Waals surface area contributed by atoms with Crippen LogP contribution in [0.15, 0.2) is 30.9 Å². The SMILES string of the molecule is C=CC(=O)N1CCN(c2nc(OCC3CCCN3C)nc(C(=O)[C@H]3Cc4cc(C)ccc4CS3)c2CC)CC1CC#N. The number of carbonyl (C=O) groups is 2. The molecule has 222 valence electrons. The Labute approximate surface area is 252 Å². The number of nitrogens with zero attached hydrogens (tertiary/aromatic N) is 6. The molecule has 1 amide bonds. The monoisotopic (exact) mass is 588 g/mol. The van der Waals surface area contributed by atoms with Crippen molar-refractivity contribution in [3.8, 4) is 12.1 Å². The van der Waals surface area contributed by atoms with E-state index in [0.29, 0.717) is 50.6 Å². The molecular weight excluding hydrogens is 548 g/mol. The predicted octanol–water partition coefficient (Wildman–Crippen LogP) is 3.98. The lowest BCUT2D eigenvalue weighted by molar-refractivity contribution is -0.128. The first kappa shape index (κ1) is 30.1. The first-order valence-corrected chi connectivity index (χ1v) is 15.9. The summed E-state index contributed by atoms with van der Waals surface area (Å²) in [5.74, 6) is 1.28. The van der Waals surface area contributed by atoms with Gasteiger partial charge < -0.3 is 19.4 Å². The molecule has 2 saturated heterocycles. The fourth-order valence-corrected chi connectivity index (χ4v) is 7.48. The van der Waals surface area contributed by atoms with Gasteiger partial charge in [0.15, 0.2) is 5.78 Å². The highest BCUT2D eigenvalue weighted by molar-refractivity contribution is 7.99. The van der Waals surface area contributed by atoms with Gasteiger partial charge in [0.25, 0.3) is 0 Å². The molecule has 0 radical (unpaired) electrons. The van der Waals surface area contributed by atoms with Crippen LogP contribution in [0.25, 0.3) is 0 Å². The van der Waals surface area contributed by atoms with Gasteiger partial charge in [-0.15, -0.1) is 11.8 Å². The number of aromatic nitrogens is 2. The number of nitriles is 1. The normalized spacial score (nSPS) is 22.4. The van der Waals surface area contributed by atoms with Crippen LogP contribution >= 0.6 is 11.8 Å². The average molecular weight is 589 g/mol. The number of Topliss-reactive ketones (excluding diaryl/α,β-unsaturated/α-hetero) is 1. The van der Waals surface area contributed by atoms with Crippen LogP contribution in [0.1, 0.15) is 58.9 Å². The van der Waals surface area contributed by atoms with Crippen molar-refractivity contribution in [3.05, 3.63) is 58.8 Å². The molecule has 2 fully saturated rings. The van der Waals surface area contributed by atoms with Gasteiger partial charge >= 0.3 is 6.01 Å². The molecule has 0 N–H and O–H groups in total. The van der Waals surface area contributed by atoms with Gasteiger partial charge in [-0.25, -0.2) is 0 Å². The summed E-state index contributed by atoms with van der Waals surface area (Å²) in [5, 5.41) is 9.27. The molecule has 1 aromatic heterocycles. The fraction of sp³-hybridized carbons (Fsp3) is 0.531. The quantitative estimate of drug-likeness (QED) is 0.318. The predicted molar refractivity (Wildman–Crippen MR) is 165 cm³/mol. The molecule has 5 rings (SSSR count). The topological polar surface area (TPSA) is 103 Å². The molecule has 0 spiro atoms. The summed E-state index contributed by atoms with van der Waals surface area (Å²) in [6.07, 6.45) is 4.91. The Kier molecular flexibility index (Phi) is 9.49. The standard InChI is InChI=1S/C32H40N6O3S/c1-5-26-29(30(40)27-17-23-16-21(3)9-10-22(23)20-42-27)34-32(41-19-25-8-7-13-36(25)4)35-31(26)37-14-15-38(28(39)6-2)24(18-37)11-12-33/h6,9-10,16,24-25,27H,2,5,7-8,11,13-15,17-20H2,1,3-4H3/t24?,25?,27-/m1/s1. The summed E-state index contributed by atoms with van der Waals surface area (Å²) in [5.41, 5.74) is 4.92. The molecule has 0 bridgehead atoms. The number of piperazine rings is 1. The molecule has 1 aromatic carbocycles. The maximum atomic E-state index is 14.2. The molecule has 2 unspecified atom stereocenters. The van der Waals surface area contributed by atoms with Crippen LogP contribution < -0.4 is 9.64 Å². The summed E-state index contributed by atoms with van der Waals surface area (Å²) < 4.78 is 6.21. The lowest BCUT2D eigenvalue weighted by Gasteiger charge is -2.41. The number of ether oxygens (including phenoxy) is 1. The van der Waals surface area contributed by atoms with E-state index in [4.69, 9.17) is 14.7 Å². The van der Waals surface area contributed by atoms with Gasteiger partial charge in [0.2, 0.25) is 5.91 Å². The lowest BCUT2D eigenvalue weighted by atomic mass is 9.96. The average Bonchev–Trinajstić information content (AvgIpc) is 3.42. The van der Waals surface area contributed by atoms with E-state index in [9.17, 15) is 14.9 Å². The Morgan fingerprint density at radius 2 is 2.05 bits per heavy atom. The van der Waals surface area contributed by atoms with E-state index in [1.165, 1.54) is 22.8 Å². The highest BCUT2D eigenvalue weighted by atomic mass is 32.2. The summed E-state index contributed by atoms with van der Waals surface area (Å²) in [4.78, 5) is 42.5. The number of likely N-dealkylation sites (N-methyl/N-ethyl adjacent to an activating group) is 1. The van der Waals surface area contributed by atoms with E-state index in [0.717, 1.165) is 30.7 Å². The molecule has 0 aliphatic carbocycles. The van der Waals surface area contributed by atoms with Crippen molar-refractivity contribution >= 4 is 29.3 Å². The van der Waals surface area contributed by atoms with Gasteiger partial charge in [-0.2, -0.15) is 15.2 Å². The van der Waals surface area contributed by atoms with E-state index >= 15 is 0 Å². The number of benzene rings is 1. The first-order chi connectivity index (χ1) is 20.3. The van der Waals surface area contributed by atoms with Gasteiger partial charge in [-0.1, -0.05) is 37.3 Å². The Morgan fingerprint density at radius 1 is 1.21 bits per heavy atom. The Bertz CT molecular complexity index is 1390. The second-order valence-corrected chi connectivity index (χ2v) is 12.6. The van der Waals surface area contributed by atoms with Crippen molar-refractivity contribution in [2.45, 2.75) is 69.0 Å². The Morgan fingerprint density at radius 3 is 2.76 bits per heavy atom. The highest BCUT2D eigenvalue weighted by Gasteiger charge is 2.35. The maximum absolute atomic E-state index is 14.2. The van der Waals surface area contributed by atoms with Crippen molar-refractivity contribution in [3.63, 3.8) is 0 Å².